The maximum atomic E-state index is 11.9. The van der Waals surface area contributed by atoms with Gasteiger partial charge in [0, 0.05) is 20.3 Å². The molecule has 0 fully saturated rings. The van der Waals surface area contributed by atoms with E-state index in [1.54, 1.807) is 19.4 Å². The lowest BCUT2D eigenvalue weighted by molar-refractivity contribution is 0.0705. The Kier molecular flexibility index (Phi) is 8.17. The van der Waals surface area contributed by atoms with Crippen LogP contribution in [0.25, 0.3) is 0 Å². The highest BCUT2D eigenvalue weighted by Crippen LogP contribution is 2.15. The minimum Gasteiger partial charge on any atom is -0.383 e. The Morgan fingerprint density at radius 3 is 3.00 bits per heavy atom. The fraction of sp³-hybridized carbons (Fsp3) is 0.538. The van der Waals surface area contributed by atoms with Crippen LogP contribution in [0.3, 0.4) is 0 Å². The van der Waals surface area contributed by atoms with Gasteiger partial charge in [-0.2, -0.15) is 5.10 Å². The zero-order valence-electron chi connectivity index (χ0n) is 11.6. The van der Waals surface area contributed by atoms with E-state index in [1.807, 2.05) is 0 Å². The summed E-state index contributed by atoms with van der Waals surface area (Å²) in [5.41, 5.74) is 0.512. The van der Waals surface area contributed by atoms with Crippen LogP contribution in [-0.2, 0) is 16.0 Å². The first-order valence-electron chi connectivity index (χ1n) is 6.37. The standard InChI is InChI=1S/C13H20BrN3O3/c1-3-6-17-13(18)12(14)11(10-16-17)15-5-4-7-20-9-8-19-2/h3,10,15H,1,4-9H2,2H3. The summed E-state index contributed by atoms with van der Waals surface area (Å²) in [7, 11) is 1.64. The third-order valence-electron chi connectivity index (χ3n) is 2.50. The molecule has 0 bridgehead atoms. The van der Waals surface area contributed by atoms with E-state index in [0.717, 1.165) is 6.42 Å². The lowest BCUT2D eigenvalue weighted by atomic mass is 10.4. The van der Waals surface area contributed by atoms with Crippen LogP contribution in [0.4, 0.5) is 5.69 Å². The smallest absolute Gasteiger partial charge is 0.283 e. The number of ether oxygens (including phenoxy) is 2. The summed E-state index contributed by atoms with van der Waals surface area (Å²) < 4.78 is 12.1. The zero-order valence-corrected chi connectivity index (χ0v) is 13.2. The summed E-state index contributed by atoms with van der Waals surface area (Å²) >= 11 is 3.29. The Hall–Kier alpha value is -1.18. The van der Waals surface area contributed by atoms with Gasteiger partial charge in [0.2, 0.25) is 0 Å². The molecular formula is C13H20BrN3O3. The Labute approximate surface area is 126 Å². The first-order chi connectivity index (χ1) is 9.70. The number of hydrogen-bond donors (Lipinski definition) is 1. The number of nitrogens with one attached hydrogen (secondary N) is 1. The van der Waals surface area contributed by atoms with Crippen molar-refractivity contribution in [2.45, 2.75) is 13.0 Å². The lowest BCUT2D eigenvalue weighted by Crippen LogP contribution is -2.24. The van der Waals surface area contributed by atoms with Gasteiger partial charge in [-0.1, -0.05) is 6.08 Å². The van der Waals surface area contributed by atoms with Crippen LogP contribution in [-0.4, -0.2) is 43.3 Å². The number of aromatic nitrogens is 2. The van der Waals surface area contributed by atoms with E-state index >= 15 is 0 Å². The van der Waals surface area contributed by atoms with Gasteiger partial charge in [-0.15, -0.1) is 6.58 Å². The molecule has 1 heterocycles. The summed E-state index contributed by atoms with van der Waals surface area (Å²) in [5.74, 6) is 0. The minimum atomic E-state index is -0.175. The van der Waals surface area contributed by atoms with Crippen LogP contribution in [0.1, 0.15) is 6.42 Å². The predicted octanol–water partition coefficient (Wildman–Crippen LogP) is 1.66. The van der Waals surface area contributed by atoms with Gasteiger partial charge < -0.3 is 14.8 Å². The number of nitrogens with zero attached hydrogens (tertiary/aromatic N) is 2. The Bertz CT molecular complexity index is 476. The third kappa shape index (κ3) is 5.44. The van der Waals surface area contributed by atoms with Crippen molar-refractivity contribution in [1.82, 2.24) is 9.78 Å². The van der Waals surface area contributed by atoms with Crippen molar-refractivity contribution in [3.8, 4) is 0 Å². The number of hydrogen-bond acceptors (Lipinski definition) is 5. The number of anilines is 1. The normalized spacial score (nSPS) is 10.5. The maximum Gasteiger partial charge on any atom is 0.283 e. The molecule has 112 valence electrons. The molecule has 0 atom stereocenters. The molecule has 0 unspecified atom stereocenters. The molecule has 1 aromatic heterocycles. The number of methoxy groups -OCH3 is 1. The molecule has 0 saturated carbocycles. The van der Waals surface area contributed by atoms with Crippen molar-refractivity contribution in [2.24, 2.45) is 0 Å². The molecule has 0 aliphatic rings. The zero-order chi connectivity index (χ0) is 14.8. The van der Waals surface area contributed by atoms with Gasteiger partial charge in [0.1, 0.15) is 4.47 Å². The van der Waals surface area contributed by atoms with E-state index in [4.69, 9.17) is 9.47 Å². The van der Waals surface area contributed by atoms with Crippen molar-refractivity contribution in [3.63, 3.8) is 0 Å². The lowest BCUT2D eigenvalue weighted by Gasteiger charge is -2.09. The second-order valence-corrected chi connectivity index (χ2v) is 4.83. The molecule has 1 N–H and O–H groups in total. The molecule has 0 spiro atoms. The predicted molar refractivity (Wildman–Crippen MR) is 82.2 cm³/mol. The highest BCUT2D eigenvalue weighted by molar-refractivity contribution is 9.10. The third-order valence-corrected chi connectivity index (χ3v) is 3.27. The van der Waals surface area contributed by atoms with E-state index in [1.165, 1.54) is 4.68 Å². The second-order valence-electron chi connectivity index (χ2n) is 4.03. The molecule has 0 amide bonds. The first-order valence-corrected chi connectivity index (χ1v) is 7.17. The van der Waals surface area contributed by atoms with Gasteiger partial charge in [0.15, 0.2) is 0 Å². The fourth-order valence-electron chi connectivity index (χ4n) is 1.48. The SMILES string of the molecule is C=CCn1ncc(NCCCOCCOC)c(Br)c1=O. The van der Waals surface area contributed by atoms with Gasteiger partial charge in [-0.05, 0) is 22.4 Å². The molecule has 0 saturated heterocycles. The summed E-state index contributed by atoms with van der Waals surface area (Å²) in [6.07, 6.45) is 4.10. The molecule has 0 aromatic carbocycles. The monoisotopic (exact) mass is 345 g/mol. The van der Waals surface area contributed by atoms with Crippen molar-refractivity contribution in [3.05, 3.63) is 33.7 Å². The van der Waals surface area contributed by atoms with Crippen LogP contribution in [0, 0.1) is 0 Å². The summed E-state index contributed by atoms with van der Waals surface area (Å²) in [6, 6.07) is 0. The van der Waals surface area contributed by atoms with E-state index < -0.39 is 0 Å². The van der Waals surface area contributed by atoms with Crippen LogP contribution in [0.2, 0.25) is 0 Å². The number of rotatable bonds is 10. The van der Waals surface area contributed by atoms with Gasteiger partial charge in [-0.3, -0.25) is 4.79 Å². The minimum absolute atomic E-state index is 0.175. The maximum absolute atomic E-state index is 11.9. The molecule has 7 heteroatoms. The Morgan fingerprint density at radius 2 is 2.30 bits per heavy atom. The van der Waals surface area contributed by atoms with E-state index in [2.05, 4.69) is 32.9 Å². The molecule has 20 heavy (non-hydrogen) atoms. The fourth-order valence-corrected chi connectivity index (χ4v) is 1.93. The van der Waals surface area contributed by atoms with E-state index in [-0.39, 0.29) is 5.56 Å². The van der Waals surface area contributed by atoms with Crippen LogP contribution < -0.4 is 10.9 Å². The molecular weight excluding hydrogens is 326 g/mol. The largest absolute Gasteiger partial charge is 0.383 e. The average Bonchev–Trinajstić information content (AvgIpc) is 2.45. The molecule has 1 aromatic rings. The quantitative estimate of drug-likeness (QED) is 0.516. The number of allylic oxidation sites excluding steroid dienone is 1. The van der Waals surface area contributed by atoms with Gasteiger partial charge in [0.05, 0.1) is 31.6 Å². The Morgan fingerprint density at radius 1 is 1.50 bits per heavy atom. The molecule has 1 rings (SSSR count). The summed E-state index contributed by atoms with van der Waals surface area (Å²) in [6.45, 7) is 6.53. The van der Waals surface area contributed by atoms with Crippen LogP contribution >= 0.6 is 15.9 Å². The summed E-state index contributed by atoms with van der Waals surface area (Å²) in [4.78, 5) is 11.9. The molecule has 0 radical (unpaired) electrons. The molecule has 6 nitrogen and oxygen atoms in total. The van der Waals surface area contributed by atoms with Gasteiger partial charge in [-0.25, -0.2) is 4.68 Å². The Balaban J connectivity index is 2.39. The van der Waals surface area contributed by atoms with Gasteiger partial charge >= 0.3 is 0 Å². The number of halogens is 1. The van der Waals surface area contributed by atoms with E-state index in [0.29, 0.717) is 43.1 Å². The topological polar surface area (TPSA) is 65.4 Å². The van der Waals surface area contributed by atoms with Crippen LogP contribution in [0.5, 0.6) is 0 Å². The van der Waals surface area contributed by atoms with Crippen molar-refractivity contribution in [1.29, 1.82) is 0 Å². The summed E-state index contributed by atoms with van der Waals surface area (Å²) in [5, 5.41) is 7.22. The van der Waals surface area contributed by atoms with Crippen molar-refractivity contribution >= 4 is 21.6 Å². The van der Waals surface area contributed by atoms with Crippen LogP contribution in [0.15, 0.2) is 28.1 Å². The first kappa shape index (κ1) is 16.9. The molecule has 0 aliphatic carbocycles. The van der Waals surface area contributed by atoms with Crippen molar-refractivity contribution in [2.75, 3.05) is 38.8 Å². The highest BCUT2D eigenvalue weighted by atomic mass is 79.9. The second kappa shape index (κ2) is 9.68. The average molecular weight is 346 g/mol. The van der Waals surface area contributed by atoms with Gasteiger partial charge in [0.25, 0.3) is 5.56 Å². The van der Waals surface area contributed by atoms with Crippen molar-refractivity contribution < 1.29 is 9.47 Å². The highest BCUT2D eigenvalue weighted by Gasteiger charge is 2.07. The van der Waals surface area contributed by atoms with E-state index in [9.17, 15) is 4.79 Å². The molecule has 0 aliphatic heterocycles.